The molecule has 0 spiro atoms. The topological polar surface area (TPSA) is 96.8 Å². The van der Waals surface area contributed by atoms with Gasteiger partial charge in [-0.15, -0.1) is 20.4 Å². The molecule has 0 saturated heterocycles. The predicted octanol–water partition coefficient (Wildman–Crippen LogP) is 3.51. The molecule has 0 unspecified atom stereocenters. The first-order chi connectivity index (χ1) is 15.2. The Hall–Kier alpha value is -3.56. The fourth-order valence-electron chi connectivity index (χ4n) is 3.48. The lowest BCUT2D eigenvalue weighted by atomic mass is 10.0. The zero-order valence-corrected chi connectivity index (χ0v) is 17.6. The van der Waals surface area contributed by atoms with Gasteiger partial charge < -0.3 is 10.2 Å². The van der Waals surface area contributed by atoms with Crippen LogP contribution in [-0.2, 0) is 0 Å². The number of aromatic nitrogens is 5. The van der Waals surface area contributed by atoms with E-state index in [-0.39, 0.29) is 5.91 Å². The lowest BCUT2D eigenvalue weighted by Gasteiger charge is -2.21. The maximum absolute atomic E-state index is 12.8. The van der Waals surface area contributed by atoms with Crippen LogP contribution in [0.1, 0.15) is 22.5 Å². The van der Waals surface area contributed by atoms with Crippen LogP contribution in [0, 0.1) is 0 Å². The van der Waals surface area contributed by atoms with E-state index in [1.165, 1.54) is 16.9 Å². The van der Waals surface area contributed by atoms with Crippen LogP contribution in [0.5, 0.6) is 0 Å². The van der Waals surface area contributed by atoms with Crippen molar-refractivity contribution < 1.29 is 4.79 Å². The smallest absolute Gasteiger partial charge is 0.256 e. The number of fused-ring (bicyclic) bond motifs is 1. The van der Waals surface area contributed by atoms with Gasteiger partial charge in [0.05, 0.1) is 11.2 Å². The van der Waals surface area contributed by atoms with Crippen LogP contribution >= 0.6 is 11.3 Å². The highest BCUT2D eigenvalue weighted by Gasteiger charge is 2.14. The van der Waals surface area contributed by atoms with Gasteiger partial charge >= 0.3 is 0 Å². The van der Waals surface area contributed by atoms with Crippen LogP contribution in [-0.4, -0.2) is 56.3 Å². The van der Waals surface area contributed by atoms with E-state index in [1.807, 2.05) is 30.3 Å². The monoisotopic (exact) mass is 429 g/mol. The maximum atomic E-state index is 12.8. The average Bonchev–Trinajstić information content (AvgIpc) is 3.34. The molecule has 0 aliphatic carbocycles. The van der Waals surface area contributed by atoms with Gasteiger partial charge in [0.15, 0.2) is 5.82 Å². The normalized spacial score (nSPS) is 14.4. The summed E-state index contributed by atoms with van der Waals surface area (Å²) in [6.45, 7) is 1.87. The average molecular weight is 430 g/mol. The van der Waals surface area contributed by atoms with Gasteiger partial charge in [-0.25, -0.2) is 0 Å². The second kappa shape index (κ2) is 8.29. The summed E-state index contributed by atoms with van der Waals surface area (Å²) in [6.07, 6.45) is 4.75. The third kappa shape index (κ3) is 4.18. The van der Waals surface area contributed by atoms with Gasteiger partial charge in [-0.2, -0.15) is 0 Å². The van der Waals surface area contributed by atoms with E-state index in [2.05, 4.69) is 48.7 Å². The zero-order valence-electron chi connectivity index (χ0n) is 16.8. The van der Waals surface area contributed by atoms with Crippen molar-refractivity contribution in [2.75, 3.05) is 25.5 Å². The van der Waals surface area contributed by atoms with E-state index in [0.29, 0.717) is 11.4 Å². The van der Waals surface area contributed by atoms with Crippen molar-refractivity contribution in [3.63, 3.8) is 0 Å². The van der Waals surface area contributed by atoms with Crippen LogP contribution < -0.4 is 5.32 Å². The van der Waals surface area contributed by atoms with E-state index < -0.39 is 0 Å². The molecule has 5 rings (SSSR count). The summed E-state index contributed by atoms with van der Waals surface area (Å²) in [5.41, 5.74) is 5.93. The third-order valence-electron chi connectivity index (χ3n) is 5.20. The maximum Gasteiger partial charge on any atom is 0.256 e. The Kier molecular flexibility index (Phi) is 5.19. The van der Waals surface area contributed by atoms with Gasteiger partial charge in [-0.05, 0) is 55.4 Å². The van der Waals surface area contributed by atoms with Gasteiger partial charge in [0, 0.05) is 35.8 Å². The van der Waals surface area contributed by atoms with Gasteiger partial charge in [-0.3, -0.25) is 9.78 Å². The highest BCUT2D eigenvalue weighted by atomic mass is 32.1. The summed E-state index contributed by atoms with van der Waals surface area (Å²) in [4.78, 5) is 19.5. The lowest BCUT2D eigenvalue weighted by Crippen LogP contribution is -2.24. The molecule has 1 amide bonds. The van der Waals surface area contributed by atoms with Gasteiger partial charge in [0.1, 0.15) is 10.5 Å². The first-order valence-electron chi connectivity index (χ1n) is 9.85. The minimum atomic E-state index is -0.244. The molecular weight excluding hydrogens is 410 g/mol. The van der Waals surface area contributed by atoms with Crippen LogP contribution in [0.25, 0.3) is 27.0 Å². The lowest BCUT2D eigenvalue weighted by molar-refractivity contribution is 0.102. The van der Waals surface area contributed by atoms with E-state index in [1.54, 1.807) is 17.8 Å². The SMILES string of the molecule is CN1CC=C(c2cc(C(=O)Nc3cc4cc(-c5nncs5)ccc4nn3)ccn2)CC1. The molecule has 0 bridgehead atoms. The third-order valence-corrected chi connectivity index (χ3v) is 5.94. The van der Waals surface area contributed by atoms with Crippen LogP contribution in [0.15, 0.2) is 54.2 Å². The number of anilines is 1. The van der Waals surface area contributed by atoms with Crippen molar-refractivity contribution in [1.82, 2.24) is 30.3 Å². The molecule has 1 aliphatic heterocycles. The molecule has 1 N–H and O–H groups in total. The fourth-order valence-corrected chi connectivity index (χ4v) is 4.03. The fraction of sp³-hybridized carbons (Fsp3) is 0.182. The largest absolute Gasteiger partial charge is 0.305 e. The van der Waals surface area contributed by atoms with Gasteiger partial charge in [0.2, 0.25) is 0 Å². The Morgan fingerprint density at radius 2 is 2.06 bits per heavy atom. The zero-order chi connectivity index (χ0) is 21.2. The molecule has 8 nitrogen and oxygen atoms in total. The summed E-state index contributed by atoms with van der Waals surface area (Å²) >= 11 is 1.47. The Morgan fingerprint density at radius 1 is 1.13 bits per heavy atom. The Bertz CT molecular complexity index is 1290. The molecule has 0 radical (unpaired) electrons. The first kappa shape index (κ1) is 19.4. The molecule has 1 aliphatic rings. The highest BCUT2D eigenvalue weighted by Crippen LogP contribution is 2.25. The van der Waals surface area contributed by atoms with E-state index in [0.717, 1.165) is 46.7 Å². The predicted molar refractivity (Wildman–Crippen MR) is 121 cm³/mol. The summed E-state index contributed by atoms with van der Waals surface area (Å²) in [5, 5.41) is 20.9. The van der Waals surface area contributed by atoms with Crippen LogP contribution in [0.3, 0.4) is 0 Å². The number of carbonyl (C=O) groups is 1. The van der Waals surface area contributed by atoms with Gasteiger partial charge in [-0.1, -0.05) is 17.4 Å². The molecule has 9 heteroatoms. The summed E-state index contributed by atoms with van der Waals surface area (Å²) < 4.78 is 0. The first-order valence-corrected chi connectivity index (χ1v) is 10.7. The Labute approximate surface area is 182 Å². The van der Waals surface area contributed by atoms with Crippen molar-refractivity contribution in [2.45, 2.75) is 6.42 Å². The molecule has 0 fully saturated rings. The molecule has 0 atom stereocenters. The number of likely N-dealkylation sites (N-methyl/N-ethyl adjacent to an activating group) is 1. The molecular formula is C22H19N7OS. The number of hydrogen-bond acceptors (Lipinski definition) is 8. The number of hydrogen-bond donors (Lipinski definition) is 1. The number of nitrogens with one attached hydrogen (secondary N) is 1. The molecule has 4 aromatic rings. The second-order valence-electron chi connectivity index (χ2n) is 7.37. The number of carbonyl (C=O) groups excluding carboxylic acids is 1. The number of rotatable bonds is 4. The minimum Gasteiger partial charge on any atom is -0.305 e. The molecule has 4 heterocycles. The molecule has 31 heavy (non-hydrogen) atoms. The minimum absolute atomic E-state index is 0.244. The summed E-state index contributed by atoms with van der Waals surface area (Å²) in [6, 6.07) is 11.1. The van der Waals surface area contributed by atoms with Crippen molar-refractivity contribution in [2.24, 2.45) is 0 Å². The van der Waals surface area contributed by atoms with E-state index in [4.69, 9.17) is 0 Å². The summed E-state index contributed by atoms with van der Waals surface area (Å²) in [7, 11) is 2.09. The number of pyridine rings is 1. The number of benzene rings is 1. The van der Waals surface area contributed by atoms with Crippen molar-refractivity contribution >= 4 is 39.5 Å². The van der Waals surface area contributed by atoms with Crippen molar-refractivity contribution in [3.05, 3.63) is 65.4 Å². The standard InChI is InChI=1S/C22H19N7OS/c1-29-8-5-14(6-9-29)19-11-15(4-7-23-19)21(30)25-20-12-17-10-16(22-28-24-13-31-22)2-3-18(17)26-27-20/h2-5,7,10-13H,6,8-9H2,1H3,(H,25,27,30). The Morgan fingerprint density at radius 3 is 2.87 bits per heavy atom. The number of nitrogens with zero attached hydrogens (tertiary/aromatic N) is 6. The van der Waals surface area contributed by atoms with E-state index >= 15 is 0 Å². The second-order valence-corrected chi connectivity index (χ2v) is 8.21. The Balaban J connectivity index is 1.38. The molecule has 154 valence electrons. The van der Waals surface area contributed by atoms with Crippen molar-refractivity contribution in [3.8, 4) is 10.6 Å². The summed E-state index contributed by atoms with van der Waals surface area (Å²) in [5.74, 6) is 0.148. The van der Waals surface area contributed by atoms with E-state index in [9.17, 15) is 4.79 Å². The quantitative estimate of drug-likeness (QED) is 0.530. The van der Waals surface area contributed by atoms with Crippen LogP contribution in [0.2, 0.25) is 0 Å². The highest BCUT2D eigenvalue weighted by molar-refractivity contribution is 7.12. The molecule has 1 aromatic carbocycles. The van der Waals surface area contributed by atoms with Crippen LogP contribution in [0.4, 0.5) is 5.82 Å². The molecule has 3 aromatic heterocycles. The molecule has 0 saturated carbocycles. The van der Waals surface area contributed by atoms with Gasteiger partial charge in [0.25, 0.3) is 5.91 Å². The van der Waals surface area contributed by atoms with Crippen molar-refractivity contribution in [1.29, 1.82) is 0 Å². The number of amides is 1.